The van der Waals surface area contributed by atoms with Crippen molar-refractivity contribution in [3.63, 3.8) is 0 Å². The molecule has 0 radical (unpaired) electrons. The van der Waals surface area contributed by atoms with Crippen molar-refractivity contribution >= 4 is 18.6 Å². The van der Waals surface area contributed by atoms with E-state index in [-0.39, 0.29) is 24.2 Å². The third kappa shape index (κ3) is 3.39. The van der Waals surface area contributed by atoms with Crippen LogP contribution in [0.4, 0.5) is 4.79 Å². The Balaban J connectivity index is 0.00000162. The van der Waals surface area contributed by atoms with Crippen molar-refractivity contribution in [3.05, 3.63) is 42.2 Å². The van der Waals surface area contributed by atoms with E-state index in [1.165, 1.54) is 6.20 Å². The number of ether oxygens (including phenoxy) is 1. The van der Waals surface area contributed by atoms with Gasteiger partial charge in [-0.2, -0.15) is 0 Å². The quantitative estimate of drug-likeness (QED) is 0.835. The second-order valence-electron chi connectivity index (χ2n) is 3.37. The molecule has 2 N–H and O–H groups in total. The highest BCUT2D eigenvalue weighted by Crippen LogP contribution is 2.14. The zero-order valence-electron chi connectivity index (χ0n) is 9.18. The van der Waals surface area contributed by atoms with Gasteiger partial charge in [-0.25, -0.2) is 9.78 Å². The molecule has 7 heteroatoms. The molecule has 1 heterocycles. The van der Waals surface area contributed by atoms with Gasteiger partial charge in [0, 0.05) is 12.4 Å². The minimum absolute atomic E-state index is 0. The van der Waals surface area contributed by atoms with Crippen molar-refractivity contribution in [1.82, 2.24) is 9.55 Å². The summed E-state index contributed by atoms with van der Waals surface area (Å²) < 4.78 is 6.06. The van der Waals surface area contributed by atoms with Crippen molar-refractivity contribution in [2.45, 2.75) is 6.54 Å². The largest absolute Gasteiger partial charge is 0.513 e. The molecule has 0 aliphatic heterocycles. The van der Waals surface area contributed by atoms with Crippen molar-refractivity contribution < 1.29 is 19.7 Å². The van der Waals surface area contributed by atoms with Crippen LogP contribution in [0, 0.1) is 0 Å². The number of carboxylic acid groups (broad SMARTS) is 1. The number of hydrogen-bond donors (Lipinski definition) is 2. The van der Waals surface area contributed by atoms with E-state index in [1.807, 2.05) is 0 Å². The number of halogens is 1. The number of aromatic hydroxyl groups is 1. The SMILES string of the molecule is Cl.O=C(O)Oc1nccn1Cc1ccc(O)cc1. The summed E-state index contributed by atoms with van der Waals surface area (Å²) in [4.78, 5) is 14.2. The molecular weight excluding hydrogens is 260 g/mol. The number of rotatable bonds is 3. The number of imidazole rings is 1. The molecule has 6 nitrogen and oxygen atoms in total. The van der Waals surface area contributed by atoms with E-state index in [4.69, 9.17) is 10.2 Å². The zero-order valence-corrected chi connectivity index (χ0v) is 10.0. The van der Waals surface area contributed by atoms with E-state index in [1.54, 1.807) is 35.0 Å². The molecule has 0 fully saturated rings. The van der Waals surface area contributed by atoms with E-state index in [0.29, 0.717) is 6.54 Å². The number of nitrogens with zero attached hydrogens (tertiary/aromatic N) is 2. The van der Waals surface area contributed by atoms with Crippen LogP contribution in [0.15, 0.2) is 36.7 Å². The third-order valence-corrected chi connectivity index (χ3v) is 2.15. The molecule has 2 rings (SSSR count). The van der Waals surface area contributed by atoms with Gasteiger partial charge >= 0.3 is 12.2 Å². The topological polar surface area (TPSA) is 84.6 Å². The molecule has 0 saturated heterocycles. The van der Waals surface area contributed by atoms with Crippen LogP contribution >= 0.6 is 12.4 Å². The van der Waals surface area contributed by atoms with E-state index >= 15 is 0 Å². The van der Waals surface area contributed by atoms with Crippen LogP contribution in [0.25, 0.3) is 0 Å². The Kier molecular flexibility index (Phi) is 4.56. The van der Waals surface area contributed by atoms with Crippen LogP contribution in [0.1, 0.15) is 5.56 Å². The molecule has 0 aliphatic carbocycles. The number of phenolic OH excluding ortho intramolecular Hbond substituents is 1. The van der Waals surface area contributed by atoms with Gasteiger partial charge in [0.1, 0.15) is 5.75 Å². The zero-order chi connectivity index (χ0) is 12.3. The summed E-state index contributed by atoms with van der Waals surface area (Å²) in [6.07, 6.45) is 1.67. The van der Waals surface area contributed by atoms with Crippen molar-refractivity contribution in [1.29, 1.82) is 0 Å². The highest BCUT2D eigenvalue weighted by molar-refractivity contribution is 5.85. The van der Waals surface area contributed by atoms with E-state index in [9.17, 15) is 4.79 Å². The van der Waals surface area contributed by atoms with Crippen molar-refractivity contribution in [2.24, 2.45) is 0 Å². The summed E-state index contributed by atoms with van der Waals surface area (Å²) in [5.74, 6) is 0.182. The van der Waals surface area contributed by atoms with Gasteiger partial charge in [0.2, 0.25) is 0 Å². The second kappa shape index (κ2) is 5.92. The molecule has 0 amide bonds. The number of hydrogen-bond acceptors (Lipinski definition) is 4. The first kappa shape index (κ1) is 13.9. The fraction of sp³-hybridized carbons (Fsp3) is 0.0909. The Labute approximate surface area is 109 Å². The first-order chi connectivity index (χ1) is 8.15. The standard InChI is InChI=1S/C11H10N2O4.ClH/c14-9-3-1-8(2-4-9)7-13-6-5-12-10(13)17-11(15)16;/h1-6,14H,7H2,(H,15,16);1H. The predicted molar refractivity (Wildman–Crippen MR) is 65.3 cm³/mol. The van der Waals surface area contributed by atoms with Gasteiger partial charge in [-0.3, -0.25) is 4.57 Å². The van der Waals surface area contributed by atoms with Gasteiger partial charge in [-0.15, -0.1) is 12.4 Å². The van der Waals surface area contributed by atoms with Gasteiger partial charge in [0.15, 0.2) is 0 Å². The van der Waals surface area contributed by atoms with Crippen molar-refractivity contribution in [2.75, 3.05) is 0 Å². The van der Waals surface area contributed by atoms with Gasteiger partial charge in [0.05, 0.1) is 6.54 Å². The highest BCUT2D eigenvalue weighted by atomic mass is 35.5. The Hall–Kier alpha value is -2.21. The lowest BCUT2D eigenvalue weighted by Gasteiger charge is -2.06. The van der Waals surface area contributed by atoms with Crippen LogP contribution in [0.5, 0.6) is 11.8 Å². The minimum atomic E-state index is -1.40. The maximum absolute atomic E-state index is 10.4. The van der Waals surface area contributed by atoms with Crippen LogP contribution in [-0.4, -0.2) is 25.9 Å². The first-order valence-corrected chi connectivity index (χ1v) is 4.85. The van der Waals surface area contributed by atoms with Crippen LogP contribution in [0.3, 0.4) is 0 Å². The summed E-state index contributed by atoms with van der Waals surface area (Å²) in [5.41, 5.74) is 0.899. The van der Waals surface area contributed by atoms with Crippen LogP contribution in [-0.2, 0) is 6.54 Å². The minimum Gasteiger partial charge on any atom is -0.508 e. The maximum Gasteiger partial charge on any atom is 0.513 e. The Morgan fingerprint density at radius 2 is 2.00 bits per heavy atom. The molecule has 1 aromatic heterocycles. The molecule has 1 aromatic carbocycles. The van der Waals surface area contributed by atoms with Crippen LogP contribution in [0.2, 0.25) is 0 Å². The highest BCUT2D eigenvalue weighted by Gasteiger charge is 2.08. The number of phenols is 1. The summed E-state index contributed by atoms with van der Waals surface area (Å²) in [7, 11) is 0. The molecule has 18 heavy (non-hydrogen) atoms. The summed E-state index contributed by atoms with van der Waals surface area (Å²) in [6.45, 7) is 0.420. The third-order valence-electron chi connectivity index (χ3n) is 2.15. The number of aromatic nitrogens is 2. The molecule has 0 aliphatic rings. The lowest BCUT2D eigenvalue weighted by atomic mass is 10.2. The second-order valence-corrected chi connectivity index (χ2v) is 3.37. The molecule has 0 bridgehead atoms. The van der Waals surface area contributed by atoms with Crippen LogP contribution < -0.4 is 4.74 Å². The van der Waals surface area contributed by atoms with E-state index < -0.39 is 6.16 Å². The fourth-order valence-electron chi connectivity index (χ4n) is 1.40. The first-order valence-electron chi connectivity index (χ1n) is 4.85. The van der Waals surface area contributed by atoms with Gasteiger partial charge < -0.3 is 14.9 Å². The normalized spacial score (nSPS) is 9.56. The molecule has 0 spiro atoms. The summed E-state index contributed by atoms with van der Waals surface area (Å²) in [6, 6.07) is 6.61. The van der Waals surface area contributed by atoms with E-state index in [0.717, 1.165) is 5.56 Å². The molecule has 0 atom stereocenters. The number of benzene rings is 1. The molecule has 0 unspecified atom stereocenters. The Morgan fingerprint density at radius 1 is 1.33 bits per heavy atom. The lowest BCUT2D eigenvalue weighted by Crippen LogP contribution is -2.09. The maximum atomic E-state index is 10.4. The van der Waals surface area contributed by atoms with Gasteiger partial charge in [0.25, 0.3) is 0 Å². The average molecular weight is 271 g/mol. The Morgan fingerprint density at radius 3 is 2.61 bits per heavy atom. The fourth-order valence-corrected chi connectivity index (χ4v) is 1.40. The lowest BCUT2D eigenvalue weighted by molar-refractivity contribution is 0.138. The molecule has 0 saturated carbocycles. The van der Waals surface area contributed by atoms with Crippen molar-refractivity contribution in [3.8, 4) is 11.8 Å². The average Bonchev–Trinajstić information content (AvgIpc) is 2.68. The van der Waals surface area contributed by atoms with Gasteiger partial charge in [-0.1, -0.05) is 12.1 Å². The summed E-state index contributed by atoms with van der Waals surface area (Å²) in [5, 5.41) is 17.6. The molecule has 96 valence electrons. The van der Waals surface area contributed by atoms with Gasteiger partial charge in [-0.05, 0) is 17.7 Å². The van der Waals surface area contributed by atoms with E-state index in [2.05, 4.69) is 9.72 Å². The molecule has 2 aromatic rings. The Bertz CT molecular complexity index is 524. The smallest absolute Gasteiger partial charge is 0.508 e. The molecular formula is C11H11ClN2O4. The predicted octanol–water partition coefficient (Wildman–Crippen LogP) is 2.12. The monoisotopic (exact) mass is 270 g/mol. The summed E-state index contributed by atoms with van der Waals surface area (Å²) >= 11 is 0. The number of carbonyl (C=O) groups is 1.